The summed E-state index contributed by atoms with van der Waals surface area (Å²) < 4.78 is 0. The molecular weight excluding hydrogens is 244 g/mol. The molecule has 1 unspecified atom stereocenters. The van der Waals surface area contributed by atoms with Crippen LogP contribution in [-0.2, 0) is 0 Å². The number of aliphatic hydroxyl groups excluding tert-OH is 3. The Morgan fingerprint density at radius 3 is 2.32 bits per heavy atom. The number of rotatable bonds is 1. The highest BCUT2D eigenvalue weighted by Crippen LogP contribution is 2.71. The van der Waals surface area contributed by atoms with Crippen LogP contribution in [0.5, 0.6) is 0 Å². The highest BCUT2D eigenvalue weighted by molar-refractivity contribution is 5.19. The Morgan fingerprint density at radius 1 is 1.11 bits per heavy atom. The van der Waals surface area contributed by atoms with Gasteiger partial charge in [-0.25, -0.2) is 0 Å². The highest BCUT2D eigenvalue weighted by atomic mass is 16.3. The third-order valence-electron chi connectivity index (χ3n) is 6.65. The lowest BCUT2D eigenvalue weighted by Gasteiger charge is -2.36. The van der Waals surface area contributed by atoms with Crippen molar-refractivity contribution in [1.82, 2.24) is 0 Å². The van der Waals surface area contributed by atoms with E-state index in [0.717, 1.165) is 6.42 Å². The Balaban J connectivity index is 2.00. The molecule has 0 aliphatic heterocycles. The third kappa shape index (κ3) is 1.60. The van der Waals surface area contributed by atoms with Crippen molar-refractivity contribution in [1.29, 1.82) is 0 Å². The summed E-state index contributed by atoms with van der Waals surface area (Å²) in [6, 6.07) is 0. The molecule has 0 aromatic heterocycles. The smallest absolute Gasteiger partial charge is 0.0860 e. The average molecular weight is 270 g/mol. The summed E-state index contributed by atoms with van der Waals surface area (Å²) in [6.07, 6.45) is -0.0698. The number of hydrogen-bond acceptors (Lipinski definition) is 4. The van der Waals surface area contributed by atoms with Crippen LogP contribution in [0.25, 0.3) is 0 Å². The summed E-state index contributed by atoms with van der Waals surface area (Å²) in [7, 11) is 0. The van der Waals surface area contributed by atoms with Gasteiger partial charge in [0.1, 0.15) is 0 Å². The second kappa shape index (κ2) is 3.94. The Kier molecular flexibility index (Phi) is 2.86. The van der Waals surface area contributed by atoms with Gasteiger partial charge in [-0.15, -0.1) is 0 Å². The third-order valence-corrected chi connectivity index (χ3v) is 6.65. The first-order valence-electron chi connectivity index (χ1n) is 7.45. The quantitative estimate of drug-likeness (QED) is 0.555. The van der Waals surface area contributed by atoms with Crippen LogP contribution >= 0.6 is 0 Å². The summed E-state index contributed by atoms with van der Waals surface area (Å²) in [5, 5.41) is 40.9. The van der Waals surface area contributed by atoms with E-state index in [-0.39, 0.29) is 29.8 Å². The predicted molar refractivity (Wildman–Crippen MR) is 70.2 cm³/mol. The SMILES string of the molecule is C[C@@H]1[C@@H](O)[C@@H](O)[C@H]2[C@@H]1[C@H]1C(CC[C@@]2(C)O)[C@]1(C)CO. The minimum absolute atomic E-state index is 0.0227. The van der Waals surface area contributed by atoms with E-state index in [1.165, 1.54) is 0 Å². The van der Waals surface area contributed by atoms with E-state index in [0.29, 0.717) is 18.3 Å². The second-order valence-electron chi connectivity index (χ2n) is 7.64. The van der Waals surface area contributed by atoms with Gasteiger partial charge in [-0.3, -0.25) is 0 Å². The van der Waals surface area contributed by atoms with Gasteiger partial charge >= 0.3 is 0 Å². The first-order valence-corrected chi connectivity index (χ1v) is 7.45. The summed E-state index contributed by atoms with van der Waals surface area (Å²) in [4.78, 5) is 0. The van der Waals surface area contributed by atoms with Crippen LogP contribution in [0, 0.1) is 35.0 Å². The molecule has 3 aliphatic rings. The van der Waals surface area contributed by atoms with Crippen LogP contribution in [0.15, 0.2) is 0 Å². The van der Waals surface area contributed by atoms with Crippen molar-refractivity contribution < 1.29 is 20.4 Å². The van der Waals surface area contributed by atoms with Crippen molar-refractivity contribution in [2.24, 2.45) is 35.0 Å². The first kappa shape index (κ1) is 13.8. The summed E-state index contributed by atoms with van der Waals surface area (Å²) in [5.74, 6) is 0.535. The molecule has 3 aliphatic carbocycles. The van der Waals surface area contributed by atoms with Gasteiger partial charge in [-0.1, -0.05) is 13.8 Å². The standard InChI is InChI=1S/C15H26O4/c1-7-9-10-8(14(10,2)6-16)4-5-15(3,19)11(9)13(18)12(7)17/h7-13,16-19H,4-6H2,1-3H3/t7-,8?,9-,10+,11+,12+,13-,14-,15+/m0/s1. The fourth-order valence-electron chi connectivity index (χ4n) is 5.39. The van der Waals surface area contributed by atoms with Crippen LogP contribution in [0.4, 0.5) is 0 Å². The molecule has 0 saturated heterocycles. The molecule has 0 radical (unpaired) electrons. The molecule has 0 aromatic rings. The molecule has 3 saturated carbocycles. The fourth-order valence-corrected chi connectivity index (χ4v) is 5.39. The molecule has 4 nitrogen and oxygen atoms in total. The summed E-state index contributed by atoms with van der Waals surface area (Å²) in [6.45, 7) is 6.02. The van der Waals surface area contributed by atoms with E-state index in [1.807, 2.05) is 6.92 Å². The van der Waals surface area contributed by atoms with Crippen molar-refractivity contribution in [3.05, 3.63) is 0 Å². The zero-order chi connectivity index (χ0) is 14.2. The van der Waals surface area contributed by atoms with Gasteiger partial charge in [0.05, 0.1) is 17.8 Å². The van der Waals surface area contributed by atoms with Crippen LogP contribution in [0.3, 0.4) is 0 Å². The summed E-state index contributed by atoms with van der Waals surface area (Å²) >= 11 is 0. The van der Waals surface area contributed by atoms with Gasteiger partial charge in [0.25, 0.3) is 0 Å². The maximum absolute atomic E-state index is 10.7. The number of fused-ring (bicyclic) bond motifs is 3. The molecular formula is C15H26O4. The Hall–Kier alpha value is -0.160. The normalized spacial score (nSPS) is 64.3. The first-order chi connectivity index (χ1) is 8.75. The molecule has 4 N–H and O–H groups in total. The van der Waals surface area contributed by atoms with E-state index < -0.39 is 17.8 Å². The van der Waals surface area contributed by atoms with Gasteiger partial charge in [-0.2, -0.15) is 0 Å². The van der Waals surface area contributed by atoms with Crippen LogP contribution in [-0.4, -0.2) is 44.8 Å². The lowest BCUT2D eigenvalue weighted by atomic mass is 9.73. The molecule has 0 amide bonds. The van der Waals surface area contributed by atoms with E-state index in [2.05, 4.69) is 6.92 Å². The maximum atomic E-state index is 10.7. The van der Waals surface area contributed by atoms with Crippen LogP contribution in [0.1, 0.15) is 33.6 Å². The minimum atomic E-state index is -0.917. The van der Waals surface area contributed by atoms with Crippen molar-refractivity contribution in [3.8, 4) is 0 Å². The number of hydrogen-bond donors (Lipinski definition) is 4. The highest BCUT2D eigenvalue weighted by Gasteiger charge is 2.71. The number of aliphatic hydroxyl groups is 4. The topological polar surface area (TPSA) is 80.9 Å². The van der Waals surface area contributed by atoms with Gasteiger partial charge in [0.15, 0.2) is 0 Å². The van der Waals surface area contributed by atoms with Crippen molar-refractivity contribution >= 4 is 0 Å². The van der Waals surface area contributed by atoms with Gasteiger partial charge < -0.3 is 20.4 Å². The van der Waals surface area contributed by atoms with Crippen LogP contribution < -0.4 is 0 Å². The Labute approximate surface area is 114 Å². The molecule has 3 rings (SSSR count). The maximum Gasteiger partial charge on any atom is 0.0860 e. The molecule has 0 aromatic carbocycles. The molecule has 0 bridgehead atoms. The van der Waals surface area contributed by atoms with E-state index in [4.69, 9.17) is 0 Å². The molecule has 9 atom stereocenters. The van der Waals surface area contributed by atoms with Crippen molar-refractivity contribution in [3.63, 3.8) is 0 Å². The monoisotopic (exact) mass is 270 g/mol. The summed E-state index contributed by atoms with van der Waals surface area (Å²) in [5.41, 5.74) is -1.00. The van der Waals surface area contributed by atoms with E-state index in [1.54, 1.807) is 6.92 Å². The Bertz CT molecular complexity index is 382. The predicted octanol–water partition coefficient (Wildman–Crippen LogP) is 0.380. The van der Waals surface area contributed by atoms with Gasteiger partial charge in [0, 0.05) is 12.5 Å². The van der Waals surface area contributed by atoms with Gasteiger partial charge in [-0.05, 0) is 48.9 Å². The van der Waals surface area contributed by atoms with E-state index in [9.17, 15) is 20.4 Å². The zero-order valence-corrected chi connectivity index (χ0v) is 12.0. The largest absolute Gasteiger partial charge is 0.396 e. The molecule has 0 heterocycles. The minimum Gasteiger partial charge on any atom is -0.396 e. The molecule has 110 valence electrons. The molecule has 3 fully saturated rings. The van der Waals surface area contributed by atoms with Gasteiger partial charge in [0.2, 0.25) is 0 Å². The fraction of sp³-hybridized carbons (Fsp3) is 1.00. The van der Waals surface area contributed by atoms with E-state index >= 15 is 0 Å². The Morgan fingerprint density at radius 2 is 1.74 bits per heavy atom. The lowest BCUT2D eigenvalue weighted by molar-refractivity contribution is -0.0865. The zero-order valence-electron chi connectivity index (χ0n) is 12.0. The van der Waals surface area contributed by atoms with Crippen molar-refractivity contribution in [2.75, 3.05) is 6.61 Å². The molecule has 0 spiro atoms. The van der Waals surface area contributed by atoms with Crippen LogP contribution in [0.2, 0.25) is 0 Å². The average Bonchev–Trinajstić information content (AvgIpc) is 2.91. The lowest BCUT2D eigenvalue weighted by Crippen LogP contribution is -2.44. The van der Waals surface area contributed by atoms with Crippen molar-refractivity contribution in [2.45, 2.75) is 51.4 Å². The second-order valence-corrected chi connectivity index (χ2v) is 7.64. The molecule has 4 heteroatoms. The molecule has 19 heavy (non-hydrogen) atoms.